The van der Waals surface area contributed by atoms with Gasteiger partial charge >= 0.3 is 5.97 Å². The minimum atomic E-state index is -0.774. The standard InChI is InChI=1S/C11H18N2O2/c1-2-3-4-5-6-10(11(14)15)13-8-7-12-9-13/h7-10H,2-6H2,1H3,(H,14,15). The number of rotatable bonds is 7. The van der Waals surface area contributed by atoms with Crippen molar-refractivity contribution in [1.29, 1.82) is 0 Å². The smallest absolute Gasteiger partial charge is 0.326 e. The van der Waals surface area contributed by atoms with Crippen LogP contribution in [0.4, 0.5) is 0 Å². The van der Waals surface area contributed by atoms with Crippen LogP contribution < -0.4 is 0 Å². The van der Waals surface area contributed by atoms with E-state index in [4.69, 9.17) is 5.11 Å². The molecule has 1 atom stereocenters. The highest BCUT2D eigenvalue weighted by molar-refractivity contribution is 5.71. The summed E-state index contributed by atoms with van der Waals surface area (Å²) in [6.07, 6.45) is 9.99. The summed E-state index contributed by atoms with van der Waals surface area (Å²) >= 11 is 0. The molecule has 1 aromatic heterocycles. The predicted octanol–water partition coefficient (Wildman–Crippen LogP) is 2.48. The van der Waals surface area contributed by atoms with Crippen LogP contribution in [0.5, 0.6) is 0 Å². The van der Waals surface area contributed by atoms with Gasteiger partial charge in [-0.2, -0.15) is 0 Å². The van der Waals surface area contributed by atoms with Crippen LogP contribution in [0, 0.1) is 0 Å². The molecule has 1 aromatic rings. The number of carboxylic acid groups (broad SMARTS) is 1. The van der Waals surface area contributed by atoms with Crippen LogP contribution in [-0.4, -0.2) is 20.6 Å². The molecular formula is C11H18N2O2. The van der Waals surface area contributed by atoms with Crippen molar-refractivity contribution < 1.29 is 9.90 Å². The second-order valence-corrected chi connectivity index (χ2v) is 3.71. The van der Waals surface area contributed by atoms with E-state index in [2.05, 4.69) is 11.9 Å². The van der Waals surface area contributed by atoms with E-state index in [1.54, 1.807) is 23.3 Å². The summed E-state index contributed by atoms with van der Waals surface area (Å²) in [6, 6.07) is -0.454. The topological polar surface area (TPSA) is 55.1 Å². The number of unbranched alkanes of at least 4 members (excludes halogenated alkanes) is 3. The predicted molar refractivity (Wildman–Crippen MR) is 57.7 cm³/mol. The fourth-order valence-corrected chi connectivity index (χ4v) is 1.62. The Morgan fingerprint density at radius 3 is 2.80 bits per heavy atom. The minimum absolute atomic E-state index is 0.454. The molecule has 15 heavy (non-hydrogen) atoms. The molecule has 0 bridgehead atoms. The summed E-state index contributed by atoms with van der Waals surface area (Å²) < 4.78 is 1.66. The molecular weight excluding hydrogens is 192 g/mol. The van der Waals surface area contributed by atoms with Gasteiger partial charge in [0.25, 0.3) is 0 Å². The lowest BCUT2D eigenvalue weighted by molar-refractivity contribution is -0.141. The maximum absolute atomic E-state index is 11.0. The Morgan fingerprint density at radius 1 is 1.47 bits per heavy atom. The lowest BCUT2D eigenvalue weighted by Crippen LogP contribution is -2.17. The second kappa shape index (κ2) is 6.22. The zero-order chi connectivity index (χ0) is 11.1. The monoisotopic (exact) mass is 210 g/mol. The van der Waals surface area contributed by atoms with Gasteiger partial charge in [-0.3, -0.25) is 0 Å². The molecule has 0 saturated heterocycles. The average Bonchev–Trinajstić information content (AvgIpc) is 2.70. The number of carbonyl (C=O) groups is 1. The van der Waals surface area contributed by atoms with Gasteiger partial charge in [-0.25, -0.2) is 9.78 Å². The second-order valence-electron chi connectivity index (χ2n) is 3.71. The number of hydrogen-bond donors (Lipinski definition) is 1. The van der Waals surface area contributed by atoms with Crippen molar-refractivity contribution in [3.8, 4) is 0 Å². The summed E-state index contributed by atoms with van der Waals surface area (Å²) in [7, 11) is 0. The Kier molecular flexibility index (Phi) is 4.87. The van der Waals surface area contributed by atoms with Crippen LogP contribution in [0.3, 0.4) is 0 Å². The molecule has 4 nitrogen and oxygen atoms in total. The van der Waals surface area contributed by atoms with E-state index in [1.165, 1.54) is 12.8 Å². The third-order valence-corrected chi connectivity index (χ3v) is 2.50. The van der Waals surface area contributed by atoms with E-state index in [1.807, 2.05) is 0 Å². The van der Waals surface area contributed by atoms with Crippen LogP contribution in [0.1, 0.15) is 45.1 Å². The molecule has 1 rings (SSSR count). The van der Waals surface area contributed by atoms with Crippen molar-refractivity contribution in [3.63, 3.8) is 0 Å². The number of carboxylic acids is 1. The van der Waals surface area contributed by atoms with Crippen molar-refractivity contribution in [2.45, 2.75) is 45.1 Å². The lowest BCUT2D eigenvalue weighted by atomic mass is 10.1. The fourth-order valence-electron chi connectivity index (χ4n) is 1.62. The summed E-state index contributed by atoms with van der Waals surface area (Å²) in [4.78, 5) is 14.9. The number of imidazole rings is 1. The molecule has 0 aliphatic carbocycles. The van der Waals surface area contributed by atoms with Crippen LogP contribution in [-0.2, 0) is 4.79 Å². The normalized spacial score (nSPS) is 12.6. The highest BCUT2D eigenvalue weighted by Crippen LogP contribution is 2.16. The van der Waals surface area contributed by atoms with Crippen molar-refractivity contribution in [2.75, 3.05) is 0 Å². The van der Waals surface area contributed by atoms with Crippen molar-refractivity contribution in [1.82, 2.24) is 9.55 Å². The van der Waals surface area contributed by atoms with Gasteiger partial charge in [0, 0.05) is 12.4 Å². The van der Waals surface area contributed by atoms with E-state index in [-0.39, 0.29) is 0 Å². The van der Waals surface area contributed by atoms with Crippen molar-refractivity contribution in [3.05, 3.63) is 18.7 Å². The first kappa shape index (κ1) is 11.8. The lowest BCUT2D eigenvalue weighted by Gasteiger charge is -2.13. The van der Waals surface area contributed by atoms with Gasteiger partial charge in [0.05, 0.1) is 6.33 Å². The third kappa shape index (κ3) is 3.73. The molecule has 0 radical (unpaired) electrons. The number of nitrogens with zero attached hydrogens (tertiary/aromatic N) is 2. The summed E-state index contributed by atoms with van der Waals surface area (Å²) in [6.45, 7) is 2.14. The highest BCUT2D eigenvalue weighted by atomic mass is 16.4. The molecule has 0 fully saturated rings. The number of aliphatic carboxylic acids is 1. The zero-order valence-corrected chi connectivity index (χ0v) is 9.09. The molecule has 84 valence electrons. The SMILES string of the molecule is CCCCCCC(C(=O)O)n1ccnc1. The first-order valence-corrected chi connectivity index (χ1v) is 5.46. The molecule has 1 unspecified atom stereocenters. The van der Waals surface area contributed by atoms with Gasteiger partial charge in [0.15, 0.2) is 0 Å². The fraction of sp³-hybridized carbons (Fsp3) is 0.636. The van der Waals surface area contributed by atoms with Crippen molar-refractivity contribution >= 4 is 5.97 Å². The van der Waals surface area contributed by atoms with Gasteiger partial charge in [0.1, 0.15) is 6.04 Å². The molecule has 0 saturated carbocycles. The van der Waals surface area contributed by atoms with E-state index in [9.17, 15) is 4.79 Å². The maximum atomic E-state index is 11.0. The summed E-state index contributed by atoms with van der Waals surface area (Å²) in [5, 5.41) is 9.05. The van der Waals surface area contributed by atoms with Crippen LogP contribution in [0.15, 0.2) is 18.7 Å². The van der Waals surface area contributed by atoms with E-state index in [0.29, 0.717) is 6.42 Å². The molecule has 0 aliphatic rings. The van der Waals surface area contributed by atoms with Gasteiger partial charge < -0.3 is 9.67 Å². The third-order valence-electron chi connectivity index (χ3n) is 2.50. The van der Waals surface area contributed by atoms with Gasteiger partial charge in [-0.15, -0.1) is 0 Å². The van der Waals surface area contributed by atoms with Gasteiger partial charge in [-0.1, -0.05) is 32.6 Å². The molecule has 1 heterocycles. The highest BCUT2D eigenvalue weighted by Gasteiger charge is 2.17. The van der Waals surface area contributed by atoms with Crippen LogP contribution in [0.25, 0.3) is 0 Å². The minimum Gasteiger partial charge on any atom is -0.480 e. The number of hydrogen-bond acceptors (Lipinski definition) is 2. The van der Waals surface area contributed by atoms with Gasteiger partial charge in [-0.05, 0) is 6.42 Å². The Morgan fingerprint density at radius 2 is 2.27 bits per heavy atom. The summed E-state index contributed by atoms with van der Waals surface area (Å²) in [5.74, 6) is -0.774. The quantitative estimate of drug-likeness (QED) is 0.703. The van der Waals surface area contributed by atoms with Crippen molar-refractivity contribution in [2.24, 2.45) is 0 Å². The number of aromatic nitrogens is 2. The van der Waals surface area contributed by atoms with Gasteiger partial charge in [0.2, 0.25) is 0 Å². The molecule has 4 heteroatoms. The van der Waals surface area contributed by atoms with E-state index < -0.39 is 12.0 Å². The Bertz CT molecular complexity index is 283. The molecule has 0 spiro atoms. The first-order chi connectivity index (χ1) is 7.25. The molecule has 0 aromatic carbocycles. The average molecular weight is 210 g/mol. The summed E-state index contributed by atoms with van der Waals surface area (Å²) in [5.41, 5.74) is 0. The van der Waals surface area contributed by atoms with E-state index in [0.717, 1.165) is 12.8 Å². The largest absolute Gasteiger partial charge is 0.480 e. The Balaban J connectivity index is 2.42. The Hall–Kier alpha value is -1.32. The van der Waals surface area contributed by atoms with E-state index >= 15 is 0 Å². The van der Waals surface area contributed by atoms with Crippen LogP contribution in [0.2, 0.25) is 0 Å². The molecule has 1 N–H and O–H groups in total. The maximum Gasteiger partial charge on any atom is 0.326 e. The molecule has 0 aliphatic heterocycles. The molecule has 0 amide bonds. The zero-order valence-electron chi connectivity index (χ0n) is 9.09. The first-order valence-electron chi connectivity index (χ1n) is 5.46. The van der Waals surface area contributed by atoms with Crippen LogP contribution >= 0.6 is 0 Å². The Labute approximate surface area is 89.9 Å².